The SMILES string of the molecule is O.O.O.O.O=C([O-])[C@H](O)[C@@H](O)C(=O)[O-].[Na+].[Na+]. The molecule has 0 fully saturated rings. The maximum atomic E-state index is 9.63. The number of carboxylic acids is 2. The number of aliphatic carboxylic acids is 2. The van der Waals surface area contributed by atoms with Gasteiger partial charge in [-0.2, -0.15) is 0 Å². The largest absolute Gasteiger partial charge is 1.00 e. The Morgan fingerprint density at radius 3 is 0.938 bits per heavy atom. The van der Waals surface area contributed by atoms with Crippen LogP contribution in [0.25, 0.3) is 0 Å². The molecule has 0 aromatic rings. The molecule has 0 saturated heterocycles. The molecule has 0 amide bonds. The summed E-state index contributed by atoms with van der Waals surface area (Å²) in [5.74, 6) is -4.12. The number of carboxylic acid groups (broad SMARTS) is 2. The Balaban J connectivity index is -0.0000000270. The molecule has 10 N–H and O–H groups in total. The van der Waals surface area contributed by atoms with Crippen LogP contribution in [0.2, 0.25) is 0 Å². The Kier molecular flexibility index (Phi) is 57.5. The van der Waals surface area contributed by atoms with Crippen molar-refractivity contribution in [3.05, 3.63) is 0 Å². The smallest absolute Gasteiger partial charge is 0.547 e. The van der Waals surface area contributed by atoms with Gasteiger partial charge in [-0.05, 0) is 0 Å². The molecule has 2 atom stereocenters. The van der Waals surface area contributed by atoms with Crippen molar-refractivity contribution in [2.45, 2.75) is 12.2 Å². The van der Waals surface area contributed by atoms with Crippen molar-refractivity contribution < 1.29 is 111 Å². The molecule has 0 heterocycles. The minimum atomic E-state index is -2.44. The van der Waals surface area contributed by atoms with Gasteiger partial charge in [-0.1, -0.05) is 0 Å². The van der Waals surface area contributed by atoms with E-state index in [4.69, 9.17) is 10.2 Å². The number of carbonyl (C=O) groups is 2. The average Bonchev–Trinajstić information content (AvgIpc) is 1.84. The monoisotopic (exact) mass is 266 g/mol. The maximum Gasteiger partial charge on any atom is 1.00 e. The first-order valence-electron chi connectivity index (χ1n) is 2.24. The maximum absolute atomic E-state index is 9.63. The zero-order chi connectivity index (χ0) is 8.31. The number of carbonyl (C=O) groups excluding carboxylic acids is 2. The molecule has 0 aliphatic rings. The van der Waals surface area contributed by atoms with Gasteiger partial charge in [0.2, 0.25) is 0 Å². The Morgan fingerprint density at radius 2 is 0.875 bits per heavy atom. The second kappa shape index (κ2) is 21.0. The zero-order valence-corrected chi connectivity index (χ0v) is 12.7. The quantitative estimate of drug-likeness (QED) is 0.468. The summed E-state index contributed by atoms with van der Waals surface area (Å²) in [5.41, 5.74) is 0. The van der Waals surface area contributed by atoms with Crippen LogP contribution < -0.4 is 69.3 Å². The van der Waals surface area contributed by atoms with E-state index in [2.05, 4.69) is 0 Å². The van der Waals surface area contributed by atoms with Gasteiger partial charge >= 0.3 is 59.1 Å². The molecule has 0 unspecified atom stereocenters. The van der Waals surface area contributed by atoms with Crippen LogP contribution in [0.1, 0.15) is 0 Å². The molecule has 90 valence electrons. The summed E-state index contributed by atoms with van der Waals surface area (Å²) in [6.07, 6.45) is -4.88. The van der Waals surface area contributed by atoms with Crippen LogP contribution in [-0.4, -0.2) is 56.3 Å². The Morgan fingerprint density at radius 1 is 0.750 bits per heavy atom. The molecule has 0 bridgehead atoms. The van der Waals surface area contributed by atoms with Gasteiger partial charge in [-0.3, -0.25) is 0 Å². The summed E-state index contributed by atoms with van der Waals surface area (Å²) in [6.45, 7) is 0. The van der Waals surface area contributed by atoms with Crippen molar-refractivity contribution in [1.29, 1.82) is 0 Å². The first-order chi connectivity index (χ1) is 4.46. The van der Waals surface area contributed by atoms with E-state index >= 15 is 0 Å². The number of hydrogen-bond acceptors (Lipinski definition) is 6. The van der Waals surface area contributed by atoms with Crippen molar-refractivity contribution >= 4 is 11.9 Å². The van der Waals surface area contributed by atoms with Crippen molar-refractivity contribution in [1.82, 2.24) is 0 Å². The normalized spacial score (nSPS) is 9.88. The van der Waals surface area contributed by atoms with Crippen LogP contribution in [0.3, 0.4) is 0 Å². The fraction of sp³-hybridized carbons (Fsp3) is 0.500. The van der Waals surface area contributed by atoms with Crippen LogP contribution in [0.4, 0.5) is 0 Å². The fourth-order valence-corrected chi connectivity index (χ4v) is 0.258. The Labute approximate surface area is 134 Å². The van der Waals surface area contributed by atoms with Crippen molar-refractivity contribution in [2.75, 3.05) is 0 Å². The topological polar surface area (TPSA) is 247 Å². The van der Waals surface area contributed by atoms with E-state index in [1.54, 1.807) is 0 Å². The van der Waals surface area contributed by atoms with Gasteiger partial charge in [-0.25, -0.2) is 0 Å². The predicted octanol–water partition coefficient (Wildman–Crippen LogP) is -14.1. The third kappa shape index (κ3) is 17.1. The van der Waals surface area contributed by atoms with E-state index in [0.29, 0.717) is 0 Å². The minimum Gasteiger partial charge on any atom is -0.547 e. The molecule has 0 aliphatic carbocycles. The van der Waals surface area contributed by atoms with Crippen LogP contribution in [-0.2, 0) is 9.59 Å². The van der Waals surface area contributed by atoms with E-state index in [1.165, 1.54) is 0 Å². The molecule has 12 heteroatoms. The third-order valence-electron chi connectivity index (χ3n) is 0.782. The third-order valence-corrected chi connectivity index (χ3v) is 0.782. The number of rotatable bonds is 3. The standard InChI is InChI=1S/C4H6O6.2Na.4H2O/c5-1(3(7)8)2(6)4(9)10;;;;;;/h1-2,5-6H,(H,7,8)(H,9,10);;;4*1H2/q;2*+1;;;;/p-2/t1-,2-;;;;;;/m1....../s1. The Bertz CT molecular complexity index is 145. The van der Waals surface area contributed by atoms with Gasteiger partial charge in [0.1, 0.15) is 12.2 Å². The minimum absolute atomic E-state index is 0. The number of aliphatic hydroxyl groups excluding tert-OH is 2. The molecule has 0 saturated carbocycles. The zero-order valence-electron chi connectivity index (χ0n) is 8.68. The summed E-state index contributed by atoms with van der Waals surface area (Å²) in [5, 5.41) is 35.7. The van der Waals surface area contributed by atoms with E-state index in [-0.39, 0.29) is 81.0 Å². The molecule has 0 aromatic heterocycles. The van der Waals surface area contributed by atoms with Gasteiger partial charge in [0.05, 0.1) is 11.9 Å². The summed E-state index contributed by atoms with van der Waals surface area (Å²) in [7, 11) is 0. The average molecular weight is 266 g/mol. The van der Waals surface area contributed by atoms with Gasteiger partial charge in [0.15, 0.2) is 0 Å². The molecular formula is C4H12Na2O10. The first kappa shape index (κ1) is 43.7. The van der Waals surface area contributed by atoms with E-state index < -0.39 is 24.1 Å². The van der Waals surface area contributed by atoms with Crippen molar-refractivity contribution in [3.63, 3.8) is 0 Å². The summed E-state index contributed by atoms with van der Waals surface area (Å²) in [6, 6.07) is 0. The second-order valence-electron chi connectivity index (χ2n) is 1.53. The van der Waals surface area contributed by atoms with Gasteiger partial charge < -0.3 is 51.9 Å². The molecule has 0 radical (unpaired) electrons. The second-order valence-corrected chi connectivity index (χ2v) is 1.53. The summed E-state index contributed by atoms with van der Waals surface area (Å²) >= 11 is 0. The van der Waals surface area contributed by atoms with Crippen LogP contribution in [0.5, 0.6) is 0 Å². The van der Waals surface area contributed by atoms with E-state index in [0.717, 1.165) is 0 Å². The molecule has 16 heavy (non-hydrogen) atoms. The van der Waals surface area contributed by atoms with Crippen LogP contribution in [0, 0.1) is 0 Å². The molecule has 0 aromatic carbocycles. The predicted molar refractivity (Wildman–Crippen MR) is 36.5 cm³/mol. The number of hydrogen-bond donors (Lipinski definition) is 2. The molecule has 0 spiro atoms. The van der Waals surface area contributed by atoms with Gasteiger partial charge in [-0.15, -0.1) is 0 Å². The summed E-state index contributed by atoms with van der Waals surface area (Å²) < 4.78 is 0. The van der Waals surface area contributed by atoms with Gasteiger partial charge in [0.25, 0.3) is 0 Å². The van der Waals surface area contributed by atoms with Crippen LogP contribution >= 0.6 is 0 Å². The molecule has 10 nitrogen and oxygen atoms in total. The Hall–Kier alpha value is 0.700. The van der Waals surface area contributed by atoms with E-state index in [1.807, 2.05) is 0 Å². The van der Waals surface area contributed by atoms with E-state index in [9.17, 15) is 19.8 Å². The van der Waals surface area contributed by atoms with Crippen LogP contribution in [0.15, 0.2) is 0 Å². The fourth-order valence-electron chi connectivity index (χ4n) is 0.258. The number of aliphatic hydroxyl groups is 2. The van der Waals surface area contributed by atoms with Crippen molar-refractivity contribution in [2.24, 2.45) is 0 Å². The summed E-state index contributed by atoms with van der Waals surface area (Å²) in [4.78, 5) is 19.3. The molecular weight excluding hydrogens is 254 g/mol. The van der Waals surface area contributed by atoms with Gasteiger partial charge in [0, 0.05) is 0 Å². The van der Waals surface area contributed by atoms with Crippen molar-refractivity contribution in [3.8, 4) is 0 Å². The first-order valence-corrected chi connectivity index (χ1v) is 2.24. The molecule has 0 rings (SSSR count). The molecule has 0 aliphatic heterocycles.